The van der Waals surface area contributed by atoms with Gasteiger partial charge in [0.05, 0.1) is 22.8 Å². The summed E-state index contributed by atoms with van der Waals surface area (Å²) in [5.41, 5.74) is 8.46. The molecule has 0 saturated carbocycles. The predicted molar refractivity (Wildman–Crippen MR) is 73.1 cm³/mol. The zero-order chi connectivity index (χ0) is 12.3. The SMILES string of the molecule is CCCCC(N)c1ncc(-c2sccc2C)[nH]1. The number of imidazole rings is 1. The minimum absolute atomic E-state index is 0.0315. The Morgan fingerprint density at radius 2 is 2.35 bits per heavy atom. The molecule has 1 unspecified atom stereocenters. The molecular formula is C13H19N3S. The second kappa shape index (κ2) is 5.47. The molecular weight excluding hydrogens is 230 g/mol. The summed E-state index contributed by atoms with van der Waals surface area (Å²) in [5, 5.41) is 2.10. The number of aromatic nitrogens is 2. The van der Waals surface area contributed by atoms with Crippen molar-refractivity contribution >= 4 is 11.3 Å². The number of nitrogens with one attached hydrogen (secondary N) is 1. The predicted octanol–water partition coefficient (Wildman–Crippen LogP) is 3.64. The van der Waals surface area contributed by atoms with Gasteiger partial charge in [-0.25, -0.2) is 4.98 Å². The van der Waals surface area contributed by atoms with Gasteiger partial charge in [-0.3, -0.25) is 0 Å². The lowest BCUT2D eigenvalue weighted by Gasteiger charge is -2.06. The van der Waals surface area contributed by atoms with Crippen molar-refractivity contribution in [1.29, 1.82) is 0 Å². The van der Waals surface area contributed by atoms with E-state index < -0.39 is 0 Å². The fraction of sp³-hybridized carbons (Fsp3) is 0.462. The highest BCUT2D eigenvalue weighted by atomic mass is 32.1. The Morgan fingerprint density at radius 1 is 1.53 bits per heavy atom. The van der Waals surface area contributed by atoms with Crippen LogP contribution in [0.3, 0.4) is 0 Å². The van der Waals surface area contributed by atoms with Crippen molar-refractivity contribution in [2.45, 2.75) is 39.2 Å². The van der Waals surface area contributed by atoms with Crippen molar-refractivity contribution in [3.05, 3.63) is 29.0 Å². The lowest BCUT2D eigenvalue weighted by molar-refractivity contribution is 0.580. The fourth-order valence-corrected chi connectivity index (χ4v) is 2.74. The summed E-state index contributed by atoms with van der Waals surface area (Å²) in [6.07, 6.45) is 5.20. The number of nitrogens with zero attached hydrogens (tertiary/aromatic N) is 1. The Balaban J connectivity index is 2.13. The van der Waals surface area contributed by atoms with E-state index in [9.17, 15) is 0 Å². The van der Waals surface area contributed by atoms with E-state index in [1.54, 1.807) is 11.3 Å². The molecule has 0 fully saturated rings. The molecule has 0 aliphatic heterocycles. The van der Waals surface area contributed by atoms with Crippen LogP contribution in [0.4, 0.5) is 0 Å². The summed E-state index contributed by atoms with van der Waals surface area (Å²) in [7, 11) is 0. The van der Waals surface area contributed by atoms with Crippen molar-refractivity contribution in [2.24, 2.45) is 5.73 Å². The summed E-state index contributed by atoms with van der Waals surface area (Å²) in [6, 6.07) is 2.15. The Hall–Kier alpha value is -1.13. The number of nitrogens with two attached hydrogens (primary N) is 1. The van der Waals surface area contributed by atoms with Crippen LogP contribution < -0.4 is 5.73 Å². The van der Waals surface area contributed by atoms with Crippen LogP contribution in [-0.4, -0.2) is 9.97 Å². The van der Waals surface area contributed by atoms with Crippen molar-refractivity contribution in [3.8, 4) is 10.6 Å². The van der Waals surface area contributed by atoms with E-state index in [1.165, 1.54) is 16.9 Å². The van der Waals surface area contributed by atoms with Crippen LogP contribution in [-0.2, 0) is 0 Å². The lowest BCUT2D eigenvalue weighted by atomic mass is 10.1. The zero-order valence-corrected chi connectivity index (χ0v) is 11.2. The number of hydrogen-bond acceptors (Lipinski definition) is 3. The largest absolute Gasteiger partial charge is 0.340 e. The van der Waals surface area contributed by atoms with Crippen LogP contribution in [0.2, 0.25) is 0 Å². The first kappa shape index (κ1) is 12.3. The van der Waals surface area contributed by atoms with Crippen molar-refractivity contribution in [3.63, 3.8) is 0 Å². The van der Waals surface area contributed by atoms with Gasteiger partial charge in [0.1, 0.15) is 5.82 Å². The minimum Gasteiger partial charge on any atom is -0.340 e. The van der Waals surface area contributed by atoms with Crippen LogP contribution in [0.1, 0.15) is 43.6 Å². The van der Waals surface area contributed by atoms with Gasteiger partial charge in [-0.2, -0.15) is 0 Å². The van der Waals surface area contributed by atoms with Crippen LogP contribution >= 0.6 is 11.3 Å². The molecule has 92 valence electrons. The molecule has 0 aliphatic carbocycles. The number of H-pyrrole nitrogens is 1. The molecule has 0 bridgehead atoms. The summed E-state index contributed by atoms with van der Waals surface area (Å²) >= 11 is 1.73. The molecule has 0 saturated heterocycles. The third-order valence-electron chi connectivity index (χ3n) is 2.92. The Labute approximate surface area is 106 Å². The maximum absolute atomic E-state index is 6.10. The number of unbranched alkanes of at least 4 members (excludes halogenated alkanes) is 1. The van der Waals surface area contributed by atoms with E-state index in [2.05, 4.69) is 35.3 Å². The topological polar surface area (TPSA) is 54.7 Å². The molecule has 0 aliphatic rings. The lowest BCUT2D eigenvalue weighted by Crippen LogP contribution is -2.11. The van der Waals surface area contributed by atoms with E-state index in [0.717, 1.165) is 24.4 Å². The first-order chi connectivity index (χ1) is 8.22. The quantitative estimate of drug-likeness (QED) is 0.850. The van der Waals surface area contributed by atoms with Gasteiger partial charge in [-0.1, -0.05) is 19.8 Å². The molecule has 2 aromatic rings. The summed E-state index contributed by atoms with van der Waals surface area (Å²) in [4.78, 5) is 8.99. The average molecular weight is 249 g/mol. The van der Waals surface area contributed by atoms with Crippen molar-refractivity contribution in [2.75, 3.05) is 0 Å². The normalized spacial score (nSPS) is 12.9. The van der Waals surface area contributed by atoms with Crippen LogP contribution in [0.5, 0.6) is 0 Å². The molecule has 1 atom stereocenters. The van der Waals surface area contributed by atoms with E-state index in [1.807, 2.05) is 6.20 Å². The molecule has 4 heteroatoms. The van der Waals surface area contributed by atoms with Gasteiger partial charge in [0.2, 0.25) is 0 Å². The first-order valence-electron chi connectivity index (χ1n) is 6.07. The van der Waals surface area contributed by atoms with Gasteiger partial charge in [0.25, 0.3) is 0 Å². The van der Waals surface area contributed by atoms with Crippen molar-refractivity contribution in [1.82, 2.24) is 9.97 Å². The summed E-state index contributed by atoms with van der Waals surface area (Å²) < 4.78 is 0. The summed E-state index contributed by atoms with van der Waals surface area (Å²) in [6.45, 7) is 4.29. The average Bonchev–Trinajstić information content (AvgIpc) is 2.93. The zero-order valence-electron chi connectivity index (χ0n) is 10.4. The number of hydrogen-bond donors (Lipinski definition) is 2. The Kier molecular flexibility index (Phi) is 3.97. The molecule has 17 heavy (non-hydrogen) atoms. The van der Waals surface area contributed by atoms with Gasteiger partial charge in [0.15, 0.2) is 0 Å². The molecule has 2 aromatic heterocycles. The third kappa shape index (κ3) is 2.76. The smallest absolute Gasteiger partial charge is 0.123 e. The molecule has 0 aromatic carbocycles. The van der Waals surface area contributed by atoms with Crippen LogP contribution in [0, 0.1) is 6.92 Å². The third-order valence-corrected chi connectivity index (χ3v) is 3.97. The van der Waals surface area contributed by atoms with E-state index >= 15 is 0 Å². The monoisotopic (exact) mass is 249 g/mol. The minimum atomic E-state index is 0.0315. The second-order valence-corrected chi connectivity index (χ2v) is 5.28. The molecule has 0 radical (unpaired) electrons. The first-order valence-corrected chi connectivity index (χ1v) is 6.95. The van der Waals surface area contributed by atoms with Gasteiger partial charge in [-0.05, 0) is 30.4 Å². The van der Waals surface area contributed by atoms with E-state index in [4.69, 9.17) is 5.73 Å². The number of aromatic amines is 1. The van der Waals surface area contributed by atoms with Gasteiger partial charge in [0, 0.05) is 0 Å². The van der Waals surface area contributed by atoms with Gasteiger partial charge >= 0.3 is 0 Å². The second-order valence-electron chi connectivity index (χ2n) is 4.36. The van der Waals surface area contributed by atoms with E-state index in [-0.39, 0.29) is 6.04 Å². The molecule has 0 amide bonds. The van der Waals surface area contributed by atoms with E-state index in [0.29, 0.717) is 0 Å². The highest BCUT2D eigenvalue weighted by molar-refractivity contribution is 7.13. The Morgan fingerprint density at radius 3 is 3.00 bits per heavy atom. The number of thiophene rings is 1. The van der Waals surface area contributed by atoms with Gasteiger partial charge < -0.3 is 10.7 Å². The molecule has 3 N–H and O–H groups in total. The number of aryl methyl sites for hydroxylation is 1. The summed E-state index contributed by atoms with van der Waals surface area (Å²) in [5.74, 6) is 0.904. The standard InChI is InChI=1S/C13H19N3S/c1-3-4-5-10(14)13-15-8-11(16-13)12-9(2)6-7-17-12/h6-8,10H,3-5,14H2,1-2H3,(H,15,16). The fourth-order valence-electron chi connectivity index (χ4n) is 1.85. The van der Waals surface area contributed by atoms with Crippen LogP contribution in [0.25, 0.3) is 10.6 Å². The highest BCUT2D eigenvalue weighted by Crippen LogP contribution is 2.28. The van der Waals surface area contributed by atoms with Crippen molar-refractivity contribution < 1.29 is 0 Å². The Bertz CT molecular complexity index is 472. The molecule has 0 spiro atoms. The van der Waals surface area contributed by atoms with Gasteiger partial charge in [-0.15, -0.1) is 11.3 Å². The molecule has 2 heterocycles. The highest BCUT2D eigenvalue weighted by Gasteiger charge is 2.12. The number of rotatable bonds is 5. The maximum Gasteiger partial charge on any atom is 0.123 e. The molecule has 3 nitrogen and oxygen atoms in total. The van der Waals surface area contributed by atoms with Crippen LogP contribution in [0.15, 0.2) is 17.6 Å². The molecule has 2 rings (SSSR count). The maximum atomic E-state index is 6.10.